The van der Waals surface area contributed by atoms with E-state index in [0.29, 0.717) is 21.3 Å². The van der Waals surface area contributed by atoms with Crippen molar-refractivity contribution >= 4 is 46.4 Å². The molecule has 1 heterocycles. The lowest BCUT2D eigenvalue weighted by Crippen LogP contribution is -2.11. The molecule has 6 heteroatoms. The van der Waals surface area contributed by atoms with Crippen LogP contribution < -0.4 is 4.90 Å². The van der Waals surface area contributed by atoms with E-state index in [4.69, 9.17) is 23.2 Å². The van der Waals surface area contributed by atoms with Crippen molar-refractivity contribution < 1.29 is 4.79 Å². The molecule has 3 aromatic rings. The summed E-state index contributed by atoms with van der Waals surface area (Å²) < 4.78 is 1.53. The van der Waals surface area contributed by atoms with Crippen LogP contribution in [0.1, 0.15) is 15.9 Å². The summed E-state index contributed by atoms with van der Waals surface area (Å²) in [5.74, 6) is -0.230. The standard InChI is InChI=1S/C20H17Cl2N3O/c1-24(2)16-7-4-14(5-8-16)12-19(25-11-3-10-23-25)20(26)17-9-6-15(21)13-18(17)22/h3-13H,1-2H3/b19-12-. The van der Waals surface area contributed by atoms with Gasteiger partial charge in [-0.05, 0) is 48.0 Å². The maximum atomic E-state index is 13.1. The lowest BCUT2D eigenvalue weighted by molar-refractivity contribution is 0.105. The van der Waals surface area contributed by atoms with Crippen molar-refractivity contribution in [1.82, 2.24) is 9.78 Å². The lowest BCUT2D eigenvalue weighted by atomic mass is 10.1. The summed E-state index contributed by atoms with van der Waals surface area (Å²) in [5, 5.41) is 4.99. The number of benzene rings is 2. The quantitative estimate of drug-likeness (QED) is 0.450. The first kappa shape index (κ1) is 18.2. The van der Waals surface area contributed by atoms with Crippen molar-refractivity contribution in [3.8, 4) is 0 Å². The lowest BCUT2D eigenvalue weighted by Gasteiger charge is -2.12. The van der Waals surface area contributed by atoms with Gasteiger partial charge in [-0.2, -0.15) is 5.10 Å². The van der Waals surface area contributed by atoms with Crippen LogP contribution in [-0.4, -0.2) is 29.7 Å². The van der Waals surface area contributed by atoms with Crippen LogP contribution in [0.2, 0.25) is 10.0 Å². The molecule has 0 aliphatic carbocycles. The Labute approximate surface area is 162 Å². The van der Waals surface area contributed by atoms with Gasteiger partial charge < -0.3 is 4.90 Å². The van der Waals surface area contributed by atoms with E-state index in [1.807, 2.05) is 43.3 Å². The van der Waals surface area contributed by atoms with Crippen LogP contribution >= 0.6 is 23.2 Å². The summed E-state index contributed by atoms with van der Waals surface area (Å²) >= 11 is 12.2. The molecule has 0 saturated carbocycles. The zero-order valence-electron chi connectivity index (χ0n) is 14.4. The number of Topliss-reactive ketones (excluding diaryl/α,β-unsaturated/α-hetero) is 1. The van der Waals surface area contributed by atoms with E-state index in [9.17, 15) is 4.79 Å². The first-order valence-electron chi connectivity index (χ1n) is 7.94. The van der Waals surface area contributed by atoms with Gasteiger partial charge in [0.2, 0.25) is 5.78 Å². The number of halogens is 2. The van der Waals surface area contributed by atoms with Crippen molar-refractivity contribution in [2.45, 2.75) is 0 Å². The minimum atomic E-state index is -0.230. The fraction of sp³-hybridized carbons (Fsp3) is 0.100. The van der Waals surface area contributed by atoms with E-state index in [0.717, 1.165) is 11.3 Å². The molecule has 26 heavy (non-hydrogen) atoms. The van der Waals surface area contributed by atoms with Gasteiger partial charge in [0.25, 0.3) is 0 Å². The number of nitrogens with zero attached hydrogens (tertiary/aromatic N) is 3. The zero-order valence-corrected chi connectivity index (χ0v) is 15.9. The van der Waals surface area contributed by atoms with Crippen molar-refractivity contribution in [3.63, 3.8) is 0 Å². The Balaban J connectivity index is 2.04. The monoisotopic (exact) mass is 385 g/mol. The Bertz CT molecular complexity index is 946. The molecule has 0 spiro atoms. The molecule has 1 aromatic heterocycles. The van der Waals surface area contributed by atoms with Gasteiger partial charge in [-0.1, -0.05) is 35.3 Å². The number of rotatable bonds is 5. The van der Waals surface area contributed by atoms with Gasteiger partial charge in [0.15, 0.2) is 0 Å². The van der Waals surface area contributed by atoms with Crippen LogP contribution in [0.25, 0.3) is 11.8 Å². The number of anilines is 1. The average Bonchev–Trinajstić information content (AvgIpc) is 3.14. The Morgan fingerprint density at radius 3 is 2.42 bits per heavy atom. The molecule has 0 aliphatic rings. The Morgan fingerprint density at radius 1 is 1.12 bits per heavy atom. The summed E-state index contributed by atoms with van der Waals surface area (Å²) in [7, 11) is 3.96. The predicted molar refractivity (Wildman–Crippen MR) is 108 cm³/mol. The van der Waals surface area contributed by atoms with Gasteiger partial charge in [0, 0.05) is 42.8 Å². The SMILES string of the molecule is CN(C)c1ccc(/C=C(/C(=O)c2ccc(Cl)cc2Cl)n2cccn2)cc1. The van der Waals surface area contributed by atoms with Crippen LogP contribution in [0, 0.1) is 0 Å². The number of allylic oxidation sites excluding steroid dienone is 1. The fourth-order valence-corrected chi connectivity index (χ4v) is 2.98. The van der Waals surface area contributed by atoms with Gasteiger partial charge in [0.1, 0.15) is 5.70 Å². The second-order valence-electron chi connectivity index (χ2n) is 5.92. The van der Waals surface area contributed by atoms with E-state index in [-0.39, 0.29) is 5.78 Å². The molecule has 3 rings (SSSR count). The van der Waals surface area contributed by atoms with E-state index in [1.165, 1.54) is 4.68 Å². The molecular formula is C20H17Cl2N3O. The summed E-state index contributed by atoms with van der Waals surface area (Å²) in [6, 6.07) is 14.5. The molecule has 0 aliphatic heterocycles. The van der Waals surface area contributed by atoms with Gasteiger partial charge in [-0.25, -0.2) is 4.68 Å². The smallest absolute Gasteiger partial charge is 0.212 e. The number of carbonyl (C=O) groups excluding carboxylic acids is 1. The van der Waals surface area contributed by atoms with Crippen LogP contribution in [-0.2, 0) is 0 Å². The second-order valence-corrected chi connectivity index (χ2v) is 6.76. The second kappa shape index (κ2) is 7.77. The summed E-state index contributed by atoms with van der Waals surface area (Å²) in [5.41, 5.74) is 2.74. The first-order chi connectivity index (χ1) is 12.5. The molecule has 132 valence electrons. The third-order valence-electron chi connectivity index (χ3n) is 3.87. The van der Waals surface area contributed by atoms with E-state index in [1.54, 1.807) is 42.7 Å². The molecule has 0 fully saturated rings. The predicted octanol–water partition coefficient (Wildman–Crippen LogP) is 5.14. The Kier molecular flexibility index (Phi) is 5.45. The minimum absolute atomic E-state index is 0.230. The van der Waals surface area contributed by atoms with Crippen molar-refractivity contribution in [2.75, 3.05) is 19.0 Å². The van der Waals surface area contributed by atoms with Crippen LogP contribution in [0.5, 0.6) is 0 Å². The number of carbonyl (C=O) groups is 1. The van der Waals surface area contributed by atoms with Crippen LogP contribution in [0.15, 0.2) is 60.9 Å². The molecule has 0 radical (unpaired) electrons. The normalized spacial score (nSPS) is 11.5. The number of hydrogen-bond acceptors (Lipinski definition) is 3. The molecule has 0 bridgehead atoms. The third-order valence-corrected chi connectivity index (χ3v) is 4.42. The highest BCUT2D eigenvalue weighted by Gasteiger charge is 2.18. The molecule has 2 aromatic carbocycles. The molecule has 0 amide bonds. The van der Waals surface area contributed by atoms with E-state index in [2.05, 4.69) is 5.10 Å². The highest BCUT2D eigenvalue weighted by atomic mass is 35.5. The summed E-state index contributed by atoms with van der Waals surface area (Å²) in [4.78, 5) is 15.1. The van der Waals surface area contributed by atoms with Gasteiger partial charge in [0.05, 0.1) is 5.02 Å². The first-order valence-corrected chi connectivity index (χ1v) is 8.70. The van der Waals surface area contributed by atoms with Crippen molar-refractivity contribution in [1.29, 1.82) is 0 Å². The molecular weight excluding hydrogens is 369 g/mol. The van der Waals surface area contributed by atoms with Gasteiger partial charge in [-0.15, -0.1) is 0 Å². The van der Waals surface area contributed by atoms with E-state index >= 15 is 0 Å². The van der Waals surface area contributed by atoms with E-state index < -0.39 is 0 Å². The molecule has 4 nitrogen and oxygen atoms in total. The summed E-state index contributed by atoms with van der Waals surface area (Å²) in [6.07, 6.45) is 5.14. The number of ketones is 1. The average molecular weight is 386 g/mol. The van der Waals surface area contributed by atoms with Gasteiger partial charge in [-0.3, -0.25) is 4.79 Å². The largest absolute Gasteiger partial charge is 0.378 e. The minimum Gasteiger partial charge on any atom is -0.378 e. The third kappa shape index (κ3) is 3.98. The van der Waals surface area contributed by atoms with Crippen LogP contribution in [0.4, 0.5) is 5.69 Å². The Hall–Kier alpha value is -2.56. The van der Waals surface area contributed by atoms with Crippen molar-refractivity contribution in [3.05, 3.63) is 82.1 Å². The highest BCUT2D eigenvalue weighted by molar-refractivity contribution is 6.40. The fourth-order valence-electron chi connectivity index (χ4n) is 2.49. The number of aromatic nitrogens is 2. The molecule has 0 unspecified atom stereocenters. The maximum Gasteiger partial charge on any atom is 0.212 e. The zero-order chi connectivity index (χ0) is 18.7. The Morgan fingerprint density at radius 2 is 1.85 bits per heavy atom. The van der Waals surface area contributed by atoms with Gasteiger partial charge >= 0.3 is 0 Å². The van der Waals surface area contributed by atoms with Crippen molar-refractivity contribution in [2.24, 2.45) is 0 Å². The maximum absolute atomic E-state index is 13.1. The van der Waals surface area contributed by atoms with Crippen LogP contribution in [0.3, 0.4) is 0 Å². The summed E-state index contributed by atoms with van der Waals surface area (Å²) in [6.45, 7) is 0. The molecule has 0 N–H and O–H groups in total. The molecule has 0 saturated heterocycles. The number of hydrogen-bond donors (Lipinski definition) is 0. The highest BCUT2D eigenvalue weighted by Crippen LogP contribution is 2.26. The topological polar surface area (TPSA) is 38.1 Å². The molecule has 0 atom stereocenters.